The number of rotatable bonds is 2. The molecule has 2 aromatic carbocycles. The molecule has 0 aliphatic rings. The van der Waals surface area contributed by atoms with E-state index in [0.717, 1.165) is 0 Å². The Morgan fingerprint density at radius 2 is 1.53 bits per heavy atom. The van der Waals surface area contributed by atoms with Crippen LogP contribution >= 0.6 is 7.60 Å². The van der Waals surface area contributed by atoms with Crippen molar-refractivity contribution >= 4 is 36.3 Å². The lowest BCUT2D eigenvalue weighted by atomic mass is 9.79. The molecule has 4 N–H and O–H groups in total. The number of hydrogen-bond acceptors (Lipinski definition) is 3. The summed E-state index contributed by atoms with van der Waals surface area (Å²) in [6, 6.07) is 8.90. The third-order valence-corrected chi connectivity index (χ3v) is 3.43. The van der Waals surface area contributed by atoms with Crippen molar-refractivity contribution in [2.75, 3.05) is 0 Å². The molecule has 17 heavy (non-hydrogen) atoms. The summed E-state index contributed by atoms with van der Waals surface area (Å²) in [7, 11) is -5.81. The van der Waals surface area contributed by atoms with Crippen LogP contribution in [0.3, 0.4) is 0 Å². The molecule has 5 nitrogen and oxygen atoms in total. The van der Waals surface area contributed by atoms with Gasteiger partial charge in [-0.25, -0.2) is 0 Å². The van der Waals surface area contributed by atoms with Crippen LogP contribution in [0.4, 0.5) is 0 Å². The zero-order chi connectivity index (χ0) is 12.6. The largest absolute Gasteiger partial charge is 0.488 e. The van der Waals surface area contributed by atoms with Crippen LogP contribution in [0, 0.1) is 0 Å². The Morgan fingerprint density at radius 3 is 2.12 bits per heavy atom. The zero-order valence-electron chi connectivity index (χ0n) is 8.69. The molecule has 0 unspecified atom stereocenters. The SMILES string of the molecule is O=P(O)(O)c1ccc2cc(B(O)O)ccc2c1. The minimum Gasteiger partial charge on any atom is -0.423 e. The van der Waals surface area contributed by atoms with Crippen molar-refractivity contribution in [1.82, 2.24) is 0 Å². The molecule has 0 saturated carbocycles. The van der Waals surface area contributed by atoms with Gasteiger partial charge < -0.3 is 19.8 Å². The van der Waals surface area contributed by atoms with Crippen LogP contribution in [-0.4, -0.2) is 27.0 Å². The summed E-state index contributed by atoms with van der Waals surface area (Å²) in [5, 5.41) is 19.3. The van der Waals surface area contributed by atoms with Crippen LogP contribution in [0.5, 0.6) is 0 Å². The molecular formula is C10H10BO5P. The van der Waals surface area contributed by atoms with E-state index in [9.17, 15) is 4.57 Å². The second-order valence-corrected chi connectivity index (χ2v) is 5.31. The van der Waals surface area contributed by atoms with Gasteiger partial charge in [-0.15, -0.1) is 0 Å². The van der Waals surface area contributed by atoms with Gasteiger partial charge in [0.15, 0.2) is 0 Å². The van der Waals surface area contributed by atoms with E-state index in [0.29, 0.717) is 16.2 Å². The van der Waals surface area contributed by atoms with Gasteiger partial charge in [0.05, 0.1) is 5.30 Å². The number of fused-ring (bicyclic) bond motifs is 1. The van der Waals surface area contributed by atoms with Crippen LogP contribution in [0.2, 0.25) is 0 Å². The van der Waals surface area contributed by atoms with E-state index < -0.39 is 14.7 Å². The van der Waals surface area contributed by atoms with Gasteiger partial charge in [-0.3, -0.25) is 4.57 Å². The second kappa shape index (κ2) is 4.25. The van der Waals surface area contributed by atoms with Gasteiger partial charge >= 0.3 is 14.7 Å². The van der Waals surface area contributed by atoms with Crippen molar-refractivity contribution in [3.63, 3.8) is 0 Å². The minimum atomic E-state index is -4.25. The van der Waals surface area contributed by atoms with Crippen molar-refractivity contribution < 1.29 is 24.4 Å². The highest BCUT2D eigenvalue weighted by atomic mass is 31.2. The van der Waals surface area contributed by atoms with E-state index in [1.54, 1.807) is 12.1 Å². The lowest BCUT2D eigenvalue weighted by molar-refractivity contribution is 0.387. The van der Waals surface area contributed by atoms with E-state index in [1.165, 1.54) is 24.3 Å². The van der Waals surface area contributed by atoms with E-state index in [2.05, 4.69) is 0 Å². The Labute approximate surface area is 97.6 Å². The molecule has 0 bridgehead atoms. The molecule has 0 heterocycles. The standard InChI is InChI=1S/C10H10BO5P/c12-11(13)9-3-1-8-6-10(17(14,15)16)4-2-7(8)5-9/h1-6,12-13H,(H2,14,15,16). The van der Waals surface area contributed by atoms with Gasteiger partial charge in [0.1, 0.15) is 0 Å². The van der Waals surface area contributed by atoms with Gasteiger partial charge in [-0.2, -0.15) is 0 Å². The molecule has 0 aliphatic heterocycles. The maximum atomic E-state index is 11.1. The fourth-order valence-corrected chi connectivity index (χ4v) is 2.17. The molecular weight excluding hydrogens is 242 g/mol. The quantitative estimate of drug-likeness (QED) is 0.419. The third-order valence-electron chi connectivity index (χ3n) is 2.48. The molecule has 0 radical (unpaired) electrons. The highest BCUT2D eigenvalue weighted by Gasteiger charge is 2.17. The van der Waals surface area contributed by atoms with Crippen molar-refractivity contribution in [2.45, 2.75) is 0 Å². The van der Waals surface area contributed by atoms with Crippen LogP contribution < -0.4 is 10.8 Å². The van der Waals surface area contributed by atoms with E-state index >= 15 is 0 Å². The Hall–Kier alpha value is -1.17. The fraction of sp³-hybridized carbons (Fsp3) is 0. The zero-order valence-corrected chi connectivity index (χ0v) is 9.58. The summed E-state index contributed by atoms with van der Waals surface area (Å²) < 4.78 is 11.1. The second-order valence-electron chi connectivity index (χ2n) is 3.71. The summed E-state index contributed by atoms with van der Waals surface area (Å²) in [4.78, 5) is 18.0. The van der Waals surface area contributed by atoms with Gasteiger partial charge in [0.2, 0.25) is 0 Å². The summed E-state index contributed by atoms with van der Waals surface area (Å²) in [6.07, 6.45) is 0. The van der Waals surface area contributed by atoms with Crippen molar-refractivity contribution in [3.8, 4) is 0 Å². The van der Waals surface area contributed by atoms with Crippen LogP contribution in [0.1, 0.15) is 0 Å². The Bertz CT molecular complexity index is 607. The van der Waals surface area contributed by atoms with Crippen molar-refractivity contribution in [2.24, 2.45) is 0 Å². The maximum Gasteiger partial charge on any atom is 0.488 e. The van der Waals surface area contributed by atoms with Crippen molar-refractivity contribution in [3.05, 3.63) is 36.4 Å². The highest BCUT2D eigenvalue weighted by Crippen LogP contribution is 2.33. The summed E-state index contributed by atoms with van der Waals surface area (Å²) in [6.45, 7) is 0. The number of hydrogen-bond donors (Lipinski definition) is 4. The van der Waals surface area contributed by atoms with Gasteiger partial charge in [0.25, 0.3) is 0 Å². The first-order valence-corrected chi connectivity index (χ1v) is 6.45. The molecule has 0 saturated heterocycles. The smallest absolute Gasteiger partial charge is 0.423 e. The van der Waals surface area contributed by atoms with Crippen molar-refractivity contribution in [1.29, 1.82) is 0 Å². The Balaban J connectivity index is 2.58. The minimum absolute atomic E-state index is 0.0534. The third kappa shape index (κ3) is 2.57. The first kappa shape index (κ1) is 12.3. The summed E-state index contributed by atoms with van der Waals surface area (Å²) >= 11 is 0. The molecule has 0 atom stereocenters. The lowest BCUT2D eigenvalue weighted by Crippen LogP contribution is -2.29. The first-order valence-electron chi connectivity index (χ1n) is 4.84. The maximum absolute atomic E-state index is 11.1. The van der Waals surface area contributed by atoms with Gasteiger partial charge in [-0.1, -0.05) is 24.3 Å². The first-order chi connectivity index (χ1) is 7.88. The Kier molecular flexibility index (Phi) is 3.08. The number of benzene rings is 2. The van der Waals surface area contributed by atoms with Crippen LogP contribution in [-0.2, 0) is 4.57 Å². The summed E-state index contributed by atoms with van der Waals surface area (Å²) in [5.74, 6) is 0. The molecule has 0 aromatic heterocycles. The monoisotopic (exact) mass is 252 g/mol. The molecule has 7 heteroatoms. The molecule has 2 aromatic rings. The lowest BCUT2D eigenvalue weighted by Gasteiger charge is -2.07. The molecule has 2 rings (SSSR count). The van der Waals surface area contributed by atoms with Gasteiger partial charge in [-0.05, 0) is 28.4 Å². The van der Waals surface area contributed by atoms with Gasteiger partial charge in [0, 0.05) is 0 Å². The van der Waals surface area contributed by atoms with Crippen LogP contribution in [0.15, 0.2) is 36.4 Å². The molecule has 0 spiro atoms. The topological polar surface area (TPSA) is 98.0 Å². The van der Waals surface area contributed by atoms with E-state index in [1.807, 2.05) is 0 Å². The van der Waals surface area contributed by atoms with E-state index in [-0.39, 0.29) is 5.30 Å². The average molecular weight is 252 g/mol. The predicted molar refractivity (Wildman–Crippen MR) is 65.5 cm³/mol. The molecule has 0 fully saturated rings. The summed E-state index contributed by atoms with van der Waals surface area (Å²) in [5.41, 5.74) is 0.335. The Morgan fingerprint density at radius 1 is 0.941 bits per heavy atom. The molecule has 88 valence electrons. The van der Waals surface area contributed by atoms with E-state index in [4.69, 9.17) is 19.8 Å². The molecule has 0 amide bonds. The highest BCUT2D eigenvalue weighted by molar-refractivity contribution is 7.60. The average Bonchev–Trinajstić information content (AvgIpc) is 2.26. The molecule has 0 aliphatic carbocycles. The van der Waals surface area contributed by atoms with Crippen LogP contribution in [0.25, 0.3) is 10.8 Å². The fourth-order valence-electron chi connectivity index (χ4n) is 1.59. The normalized spacial score (nSPS) is 11.8. The predicted octanol–water partition coefficient (Wildman–Crippen LogP) is -0.677.